The highest BCUT2D eigenvalue weighted by molar-refractivity contribution is 5.70. The largest absolute Gasteiger partial charge is 0.503 e. The van der Waals surface area contributed by atoms with E-state index in [1.54, 1.807) is 0 Å². The number of nitrogens with zero attached hydrogens (tertiary/aromatic N) is 1. The summed E-state index contributed by atoms with van der Waals surface area (Å²) in [4.78, 5) is 10.3. The van der Waals surface area contributed by atoms with Crippen molar-refractivity contribution in [2.75, 3.05) is 7.11 Å². The van der Waals surface area contributed by atoms with Crippen LogP contribution in [-0.2, 0) is 4.79 Å². The Kier molecular flexibility index (Phi) is 3.96. The SMILES string of the molecule is COc1cc(C#N)cc(C#CCC(=O)O)c1O. The van der Waals surface area contributed by atoms with Gasteiger partial charge in [-0.3, -0.25) is 4.79 Å². The first-order valence-electron chi connectivity index (χ1n) is 4.60. The normalized spacial score (nSPS) is 8.71. The predicted molar refractivity (Wildman–Crippen MR) is 58.5 cm³/mol. The number of carboxylic acid groups (broad SMARTS) is 1. The Hall–Kier alpha value is -2.66. The zero-order valence-corrected chi connectivity index (χ0v) is 9.02. The summed E-state index contributed by atoms with van der Waals surface area (Å²) < 4.78 is 4.87. The molecule has 5 heteroatoms. The van der Waals surface area contributed by atoms with Crippen molar-refractivity contribution in [3.8, 4) is 29.4 Å². The topological polar surface area (TPSA) is 90.5 Å². The first-order chi connectivity index (χ1) is 8.08. The van der Waals surface area contributed by atoms with E-state index in [-0.39, 0.29) is 29.0 Å². The average molecular weight is 231 g/mol. The Morgan fingerprint density at radius 1 is 1.53 bits per heavy atom. The van der Waals surface area contributed by atoms with Crippen molar-refractivity contribution in [2.45, 2.75) is 6.42 Å². The third-order valence-corrected chi connectivity index (χ3v) is 1.89. The van der Waals surface area contributed by atoms with E-state index in [1.165, 1.54) is 19.2 Å². The number of aliphatic carboxylic acids is 1. The van der Waals surface area contributed by atoms with Gasteiger partial charge in [0.05, 0.1) is 24.3 Å². The molecule has 0 saturated carbocycles. The van der Waals surface area contributed by atoms with Gasteiger partial charge in [0.2, 0.25) is 0 Å². The van der Waals surface area contributed by atoms with Gasteiger partial charge >= 0.3 is 5.97 Å². The number of hydrogen-bond acceptors (Lipinski definition) is 4. The molecule has 5 nitrogen and oxygen atoms in total. The third-order valence-electron chi connectivity index (χ3n) is 1.89. The summed E-state index contributed by atoms with van der Waals surface area (Å²) in [5.41, 5.74) is 0.446. The maximum atomic E-state index is 10.3. The van der Waals surface area contributed by atoms with Crippen molar-refractivity contribution in [2.24, 2.45) is 0 Å². The maximum Gasteiger partial charge on any atom is 0.315 e. The van der Waals surface area contributed by atoms with Crippen LogP contribution in [0.2, 0.25) is 0 Å². The second kappa shape index (κ2) is 5.43. The van der Waals surface area contributed by atoms with E-state index in [2.05, 4.69) is 11.8 Å². The molecule has 1 aromatic rings. The van der Waals surface area contributed by atoms with Crippen molar-refractivity contribution >= 4 is 5.97 Å². The van der Waals surface area contributed by atoms with E-state index in [1.807, 2.05) is 6.07 Å². The second-order valence-corrected chi connectivity index (χ2v) is 3.06. The highest BCUT2D eigenvalue weighted by atomic mass is 16.5. The van der Waals surface area contributed by atoms with Gasteiger partial charge in [0.1, 0.15) is 6.42 Å². The molecule has 2 N–H and O–H groups in total. The average Bonchev–Trinajstić information content (AvgIpc) is 2.31. The fourth-order valence-electron chi connectivity index (χ4n) is 1.14. The van der Waals surface area contributed by atoms with Crippen LogP contribution in [0, 0.1) is 23.2 Å². The number of hydrogen-bond donors (Lipinski definition) is 2. The molecule has 86 valence electrons. The predicted octanol–water partition coefficient (Wildman–Crippen LogP) is 1.10. The molecule has 0 fully saturated rings. The molecule has 0 radical (unpaired) electrons. The number of carbonyl (C=O) groups is 1. The van der Waals surface area contributed by atoms with Crippen LogP contribution in [0.4, 0.5) is 0 Å². The first-order valence-corrected chi connectivity index (χ1v) is 4.60. The van der Waals surface area contributed by atoms with Gasteiger partial charge in [-0.05, 0) is 6.07 Å². The van der Waals surface area contributed by atoms with Crippen LogP contribution in [0.3, 0.4) is 0 Å². The molecular formula is C12H9NO4. The number of ether oxygens (including phenoxy) is 1. The van der Waals surface area contributed by atoms with Crippen LogP contribution < -0.4 is 4.74 Å². The number of nitriles is 1. The van der Waals surface area contributed by atoms with Crippen LogP contribution in [0.5, 0.6) is 11.5 Å². The monoisotopic (exact) mass is 231 g/mol. The van der Waals surface area contributed by atoms with Crippen molar-refractivity contribution in [3.05, 3.63) is 23.3 Å². The smallest absolute Gasteiger partial charge is 0.315 e. The number of methoxy groups -OCH3 is 1. The molecule has 0 aliphatic rings. The van der Waals surface area contributed by atoms with Gasteiger partial charge in [0, 0.05) is 6.07 Å². The lowest BCUT2D eigenvalue weighted by Gasteiger charge is -2.05. The quantitative estimate of drug-likeness (QED) is 0.744. The van der Waals surface area contributed by atoms with E-state index in [4.69, 9.17) is 15.1 Å². The molecule has 0 spiro atoms. The van der Waals surface area contributed by atoms with Gasteiger partial charge in [0.15, 0.2) is 11.5 Å². The van der Waals surface area contributed by atoms with Crippen molar-refractivity contribution in [3.63, 3.8) is 0 Å². The molecular weight excluding hydrogens is 222 g/mol. The number of rotatable bonds is 2. The number of phenolic OH excluding ortho intramolecular Hbond substituents is 1. The number of phenols is 1. The number of benzene rings is 1. The lowest BCUT2D eigenvalue weighted by molar-refractivity contribution is -0.135. The van der Waals surface area contributed by atoms with Crippen LogP contribution in [0.25, 0.3) is 0 Å². The van der Waals surface area contributed by atoms with E-state index in [0.29, 0.717) is 0 Å². The second-order valence-electron chi connectivity index (χ2n) is 3.06. The van der Waals surface area contributed by atoms with Gasteiger partial charge in [-0.1, -0.05) is 11.8 Å². The minimum absolute atomic E-state index is 0.128. The van der Waals surface area contributed by atoms with Crippen LogP contribution in [-0.4, -0.2) is 23.3 Å². The highest BCUT2D eigenvalue weighted by Gasteiger charge is 2.08. The maximum absolute atomic E-state index is 10.3. The standard InChI is InChI=1S/C12H9NO4/c1-17-10-6-8(7-13)5-9(12(10)16)3-2-4-11(14)15/h5-6,16H,4H2,1H3,(H,14,15). The van der Waals surface area contributed by atoms with Crippen molar-refractivity contribution < 1.29 is 19.7 Å². The lowest BCUT2D eigenvalue weighted by Crippen LogP contribution is -1.91. The molecule has 0 bridgehead atoms. The summed E-state index contributed by atoms with van der Waals surface area (Å²) in [5.74, 6) is 3.72. The van der Waals surface area contributed by atoms with E-state index in [0.717, 1.165) is 0 Å². The molecule has 1 aromatic carbocycles. The Bertz CT molecular complexity index is 546. The van der Waals surface area contributed by atoms with Gasteiger partial charge in [-0.2, -0.15) is 5.26 Å². The van der Waals surface area contributed by atoms with Crippen molar-refractivity contribution in [1.82, 2.24) is 0 Å². The van der Waals surface area contributed by atoms with Crippen LogP contribution in [0.15, 0.2) is 12.1 Å². The first kappa shape index (κ1) is 12.4. The molecule has 0 unspecified atom stereocenters. The molecule has 0 heterocycles. The van der Waals surface area contributed by atoms with Gasteiger partial charge in [-0.25, -0.2) is 0 Å². The summed E-state index contributed by atoms with van der Waals surface area (Å²) >= 11 is 0. The fraction of sp³-hybridized carbons (Fsp3) is 0.167. The summed E-state index contributed by atoms with van der Waals surface area (Å²) in [6.45, 7) is 0. The third kappa shape index (κ3) is 3.15. The Morgan fingerprint density at radius 3 is 2.76 bits per heavy atom. The van der Waals surface area contributed by atoms with E-state index >= 15 is 0 Å². The summed E-state index contributed by atoms with van der Waals surface area (Å²) in [6, 6.07) is 4.63. The lowest BCUT2D eigenvalue weighted by atomic mass is 10.1. The van der Waals surface area contributed by atoms with Gasteiger partial charge in [0.25, 0.3) is 0 Å². The zero-order valence-electron chi connectivity index (χ0n) is 9.02. The number of aromatic hydroxyl groups is 1. The Morgan fingerprint density at radius 2 is 2.24 bits per heavy atom. The highest BCUT2D eigenvalue weighted by Crippen LogP contribution is 2.30. The zero-order chi connectivity index (χ0) is 12.8. The summed E-state index contributed by atoms with van der Waals surface area (Å²) in [7, 11) is 1.35. The number of carboxylic acids is 1. The van der Waals surface area contributed by atoms with Crippen molar-refractivity contribution in [1.29, 1.82) is 5.26 Å². The summed E-state index contributed by atoms with van der Waals surface area (Å²) in [5, 5.41) is 26.9. The van der Waals surface area contributed by atoms with Gasteiger partial charge in [-0.15, -0.1) is 0 Å². The molecule has 1 rings (SSSR count). The molecule has 0 amide bonds. The van der Waals surface area contributed by atoms with Crippen LogP contribution in [0.1, 0.15) is 17.5 Å². The molecule has 17 heavy (non-hydrogen) atoms. The molecule has 0 aliphatic carbocycles. The minimum atomic E-state index is -1.06. The Balaban J connectivity index is 3.17. The van der Waals surface area contributed by atoms with E-state index in [9.17, 15) is 9.90 Å². The Labute approximate surface area is 97.9 Å². The minimum Gasteiger partial charge on any atom is -0.503 e. The van der Waals surface area contributed by atoms with Gasteiger partial charge < -0.3 is 14.9 Å². The molecule has 0 aromatic heterocycles. The fourth-order valence-corrected chi connectivity index (χ4v) is 1.14. The van der Waals surface area contributed by atoms with E-state index < -0.39 is 5.97 Å². The van der Waals surface area contributed by atoms with Crippen LogP contribution >= 0.6 is 0 Å². The molecule has 0 aliphatic heterocycles. The molecule has 0 saturated heterocycles. The summed E-state index contributed by atoms with van der Waals surface area (Å²) in [6.07, 6.45) is -0.335. The molecule has 0 atom stereocenters.